The maximum atomic E-state index is 5.82. The summed E-state index contributed by atoms with van der Waals surface area (Å²) < 4.78 is 7.90. The van der Waals surface area contributed by atoms with Crippen LogP contribution in [0.5, 0.6) is 5.75 Å². The van der Waals surface area contributed by atoms with Crippen molar-refractivity contribution >= 4 is 18.4 Å². The summed E-state index contributed by atoms with van der Waals surface area (Å²) in [5, 5.41) is 11.7. The molecule has 29 heavy (non-hydrogen) atoms. The van der Waals surface area contributed by atoms with Gasteiger partial charge in [0.25, 0.3) is 0 Å². The molecule has 3 aromatic carbocycles. The minimum atomic E-state index is 0.445. The Morgan fingerprint density at radius 3 is 2.59 bits per heavy atom. The first-order valence-corrected chi connectivity index (χ1v) is 9.65. The van der Waals surface area contributed by atoms with Crippen LogP contribution in [0.25, 0.3) is 11.4 Å². The number of hydrogen-bond donors (Lipinski definition) is 1. The number of nitrogens with zero attached hydrogens (tertiary/aromatic N) is 3. The van der Waals surface area contributed by atoms with Gasteiger partial charge in [-0.25, -0.2) is 5.10 Å². The molecule has 6 heteroatoms. The van der Waals surface area contributed by atoms with Gasteiger partial charge < -0.3 is 4.74 Å². The molecule has 1 heterocycles. The van der Waals surface area contributed by atoms with E-state index in [1.807, 2.05) is 79.7 Å². The van der Waals surface area contributed by atoms with Crippen molar-refractivity contribution in [3.63, 3.8) is 0 Å². The van der Waals surface area contributed by atoms with E-state index in [0.717, 1.165) is 28.0 Å². The molecular weight excluding hydrogens is 380 g/mol. The van der Waals surface area contributed by atoms with E-state index in [1.165, 1.54) is 0 Å². The highest BCUT2D eigenvalue weighted by molar-refractivity contribution is 7.71. The molecule has 0 radical (unpaired) electrons. The van der Waals surface area contributed by atoms with Crippen LogP contribution in [-0.4, -0.2) is 21.1 Å². The quantitative estimate of drug-likeness (QED) is 0.349. The Morgan fingerprint density at radius 1 is 1.03 bits per heavy atom. The van der Waals surface area contributed by atoms with Gasteiger partial charge in [0, 0.05) is 5.56 Å². The molecule has 0 atom stereocenters. The number of aromatic amines is 1. The molecule has 4 aromatic rings. The maximum absolute atomic E-state index is 5.82. The van der Waals surface area contributed by atoms with Crippen LogP contribution < -0.4 is 4.74 Å². The average molecular weight is 401 g/mol. The normalized spacial score (nSPS) is 11.1. The highest BCUT2D eigenvalue weighted by Gasteiger charge is 2.08. The lowest BCUT2D eigenvalue weighted by molar-refractivity contribution is 0.306. The number of aryl methyl sites for hydroxylation is 1. The number of nitrogens with one attached hydrogen (secondary N) is 1. The van der Waals surface area contributed by atoms with Gasteiger partial charge in [-0.15, -0.1) is 0 Å². The molecule has 4 rings (SSSR count). The van der Waals surface area contributed by atoms with Crippen LogP contribution in [0.3, 0.4) is 0 Å². The van der Waals surface area contributed by atoms with Crippen molar-refractivity contribution < 1.29 is 4.74 Å². The highest BCUT2D eigenvalue weighted by Crippen LogP contribution is 2.19. The molecule has 0 saturated carbocycles. The van der Waals surface area contributed by atoms with E-state index in [-0.39, 0.29) is 0 Å². The minimum Gasteiger partial charge on any atom is -0.489 e. The summed E-state index contributed by atoms with van der Waals surface area (Å²) in [5.74, 6) is 1.49. The Kier molecular flexibility index (Phi) is 5.63. The summed E-state index contributed by atoms with van der Waals surface area (Å²) in [7, 11) is 0. The number of ether oxygens (including phenoxy) is 1. The summed E-state index contributed by atoms with van der Waals surface area (Å²) in [6.07, 6.45) is 1.76. The first-order chi connectivity index (χ1) is 14.2. The van der Waals surface area contributed by atoms with Crippen molar-refractivity contribution in [2.45, 2.75) is 13.5 Å². The number of hydrogen-bond acceptors (Lipinski definition) is 4. The third-order valence-electron chi connectivity index (χ3n) is 4.38. The Hall–Kier alpha value is -3.51. The minimum absolute atomic E-state index is 0.445. The number of benzene rings is 3. The van der Waals surface area contributed by atoms with E-state index < -0.39 is 0 Å². The zero-order valence-electron chi connectivity index (χ0n) is 15.9. The van der Waals surface area contributed by atoms with Crippen LogP contribution >= 0.6 is 12.2 Å². The second-order valence-corrected chi connectivity index (χ2v) is 7.01. The molecular formula is C23H20N4OS. The molecule has 5 nitrogen and oxygen atoms in total. The molecule has 0 unspecified atom stereocenters. The Bertz CT molecular complexity index is 1180. The second kappa shape index (κ2) is 8.67. The summed E-state index contributed by atoms with van der Waals surface area (Å²) in [4.78, 5) is 0. The Morgan fingerprint density at radius 2 is 1.83 bits per heavy atom. The first-order valence-electron chi connectivity index (χ1n) is 9.25. The zero-order valence-corrected chi connectivity index (χ0v) is 16.8. The standard InChI is InChI=1S/C23H20N4OS/c1-17-6-5-9-20(14-17)22-25-26-23(29)27(22)24-15-18-10-12-21(13-11-18)28-16-19-7-3-2-4-8-19/h2-15H,16H2,1H3,(H,26,29). The van der Waals surface area contributed by atoms with Gasteiger partial charge in [0.15, 0.2) is 5.82 Å². The van der Waals surface area contributed by atoms with Crippen molar-refractivity contribution in [2.24, 2.45) is 5.10 Å². The smallest absolute Gasteiger partial charge is 0.216 e. The van der Waals surface area contributed by atoms with Gasteiger partial charge in [-0.2, -0.15) is 14.9 Å². The second-order valence-electron chi connectivity index (χ2n) is 6.62. The van der Waals surface area contributed by atoms with Gasteiger partial charge in [0.2, 0.25) is 4.77 Å². The van der Waals surface area contributed by atoms with Crippen molar-refractivity contribution in [2.75, 3.05) is 0 Å². The number of H-pyrrole nitrogens is 1. The molecule has 0 aliphatic rings. The molecule has 0 saturated heterocycles. The van der Waals surface area contributed by atoms with E-state index in [0.29, 0.717) is 17.2 Å². The lowest BCUT2D eigenvalue weighted by Crippen LogP contribution is -1.96. The van der Waals surface area contributed by atoms with E-state index in [2.05, 4.69) is 21.4 Å². The van der Waals surface area contributed by atoms with Crippen LogP contribution in [0.2, 0.25) is 0 Å². The number of rotatable bonds is 6. The topological polar surface area (TPSA) is 55.2 Å². The lowest BCUT2D eigenvalue weighted by Gasteiger charge is -2.06. The van der Waals surface area contributed by atoms with E-state index in [9.17, 15) is 0 Å². The summed E-state index contributed by atoms with van der Waals surface area (Å²) in [5.41, 5.74) is 4.18. The Labute approximate surface area is 174 Å². The summed E-state index contributed by atoms with van der Waals surface area (Å²) in [6.45, 7) is 2.58. The van der Waals surface area contributed by atoms with Crippen LogP contribution in [0.4, 0.5) is 0 Å². The third kappa shape index (κ3) is 4.67. The van der Waals surface area contributed by atoms with Gasteiger partial charge in [-0.3, -0.25) is 0 Å². The predicted molar refractivity (Wildman–Crippen MR) is 118 cm³/mol. The number of aromatic nitrogens is 3. The van der Waals surface area contributed by atoms with Gasteiger partial charge in [0.05, 0.1) is 6.21 Å². The highest BCUT2D eigenvalue weighted by atomic mass is 32.1. The summed E-state index contributed by atoms with van der Waals surface area (Å²) in [6, 6.07) is 25.9. The van der Waals surface area contributed by atoms with Gasteiger partial charge in [0.1, 0.15) is 12.4 Å². The van der Waals surface area contributed by atoms with E-state index in [1.54, 1.807) is 10.9 Å². The van der Waals surface area contributed by atoms with Gasteiger partial charge in [-0.1, -0.05) is 54.1 Å². The zero-order chi connectivity index (χ0) is 20.1. The van der Waals surface area contributed by atoms with Crippen LogP contribution in [-0.2, 0) is 6.61 Å². The summed E-state index contributed by atoms with van der Waals surface area (Å²) >= 11 is 5.33. The van der Waals surface area contributed by atoms with Crippen molar-refractivity contribution in [1.82, 2.24) is 14.9 Å². The van der Waals surface area contributed by atoms with Crippen LogP contribution in [0.15, 0.2) is 84.0 Å². The van der Waals surface area contributed by atoms with Crippen LogP contribution in [0, 0.1) is 11.7 Å². The molecule has 1 N–H and O–H groups in total. The molecule has 144 valence electrons. The van der Waals surface area contributed by atoms with Crippen LogP contribution in [0.1, 0.15) is 16.7 Å². The molecule has 0 aliphatic carbocycles. The van der Waals surface area contributed by atoms with Crippen molar-refractivity contribution in [1.29, 1.82) is 0 Å². The maximum Gasteiger partial charge on any atom is 0.216 e. The lowest BCUT2D eigenvalue weighted by atomic mass is 10.1. The largest absolute Gasteiger partial charge is 0.489 e. The molecule has 0 fully saturated rings. The molecule has 1 aromatic heterocycles. The Balaban J connectivity index is 1.48. The van der Waals surface area contributed by atoms with Crippen molar-refractivity contribution in [3.8, 4) is 17.1 Å². The predicted octanol–water partition coefficient (Wildman–Crippen LogP) is 5.38. The van der Waals surface area contributed by atoms with Gasteiger partial charge >= 0.3 is 0 Å². The molecule has 0 aliphatic heterocycles. The monoisotopic (exact) mass is 400 g/mol. The SMILES string of the molecule is Cc1cccc(-c2n[nH]c(=S)n2N=Cc2ccc(OCc3ccccc3)cc2)c1. The van der Waals surface area contributed by atoms with E-state index >= 15 is 0 Å². The van der Waals surface area contributed by atoms with Crippen molar-refractivity contribution in [3.05, 3.63) is 100 Å². The fraction of sp³-hybridized carbons (Fsp3) is 0.0870. The average Bonchev–Trinajstić information content (AvgIpc) is 3.12. The first kappa shape index (κ1) is 18.8. The fourth-order valence-electron chi connectivity index (χ4n) is 2.89. The third-order valence-corrected chi connectivity index (χ3v) is 4.64. The van der Waals surface area contributed by atoms with Gasteiger partial charge in [-0.05, 0) is 60.6 Å². The molecule has 0 amide bonds. The van der Waals surface area contributed by atoms with E-state index in [4.69, 9.17) is 17.0 Å². The molecule has 0 spiro atoms. The molecule has 0 bridgehead atoms. The fourth-order valence-corrected chi connectivity index (χ4v) is 3.06.